The van der Waals surface area contributed by atoms with Gasteiger partial charge in [0.05, 0.1) is 5.92 Å². The van der Waals surface area contributed by atoms with Gasteiger partial charge in [0.25, 0.3) is 0 Å². The number of carbonyl (C=O) groups excluding carboxylic acids is 1. The van der Waals surface area contributed by atoms with Gasteiger partial charge in [-0.25, -0.2) is 8.42 Å². The molecule has 2 saturated heterocycles. The van der Waals surface area contributed by atoms with E-state index in [-0.39, 0.29) is 28.7 Å². The molecule has 0 bridgehead atoms. The number of amides is 1. The molecule has 166 valence electrons. The van der Waals surface area contributed by atoms with Gasteiger partial charge in [0.15, 0.2) is 0 Å². The highest BCUT2D eigenvalue weighted by Crippen LogP contribution is 2.48. The van der Waals surface area contributed by atoms with E-state index < -0.39 is 10.0 Å². The Bertz CT molecular complexity index is 818. The first kappa shape index (κ1) is 21.7. The maximum atomic E-state index is 13.2. The summed E-state index contributed by atoms with van der Waals surface area (Å²) >= 11 is 0. The fourth-order valence-electron chi connectivity index (χ4n) is 5.52. The lowest BCUT2D eigenvalue weighted by molar-refractivity contribution is -0.128. The molecule has 2 aliphatic heterocycles. The van der Waals surface area contributed by atoms with Crippen LogP contribution in [0.4, 0.5) is 0 Å². The van der Waals surface area contributed by atoms with Crippen molar-refractivity contribution < 1.29 is 13.2 Å². The number of rotatable bonds is 6. The summed E-state index contributed by atoms with van der Waals surface area (Å²) in [5, 5.41) is 3.14. The summed E-state index contributed by atoms with van der Waals surface area (Å²) in [5.41, 5.74) is -0.233. The number of hydrogen-bond acceptors (Lipinski definition) is 5. The third-order valence-corrected chi connectivity index (χ3v) is 9.03. The molecule has 30 heavy (non-hydrogen) atoms. The quantitative estimate of drug-likeness (QED) is 0.743. The van der Waals surface area contributed by atoms with Gasteiger partial charge in [0, 0.05) is 38.6 Å². The highest BCUT2D eigenvalue weighted by atomic mass is 32.2. The molecule has 3 heterocycles. The average molecular weight is 435 g/mol. The predicted molar refractivity (Wildman–Crippen MR) is 115 cm³/mol. The van der Waals surface area contributed by atoms with Crippen LogP contribution in [0.5, 0.6) is 0 Å². The summed E-state index contributed by atoms with van der Waals surface area (Å²) in [5.74, 6) is -0.247. The lowest BCUT2D eigenvalue weighted by atomic mass is 9.67. The Balaban J connectivity index is 1.45. The largest absolute Gasteiger partial charge is 0.355 e. The van der Waals surface area contributed by atoms with Crippen LogP contribution in [-0.4, -0.2) is 67.8 Å². The summed E-state index contributed by atoms with van der Waals surface area (Å²) < 4.78 is 27.9. The topological polar surface area (TPSA) is 82.6 Å². The first-order valence-corrected chi connectivity index (χ1v) is 12.9. The molecule has 0 unspecified atom stereocenters. The van der Waals surface area contributed by atoms with Crippen molar-refractivity contribution in [3.63, 3.8) is 0 Å². The standard InChI is InChI=1S/C22H34N4O3S/c27-21(24-12-15-25-13-5-2-6-14-25)20-17-26(18-22(20)9-3-1-4-10-22)30(28,29)19-8-7-11-23-16-19/h7-8,11,16,20H,1-6,9-10,12-15,17-18H2,(H,24,27)/t20-/m0/s1. The van der Waals surface area contributed by atoms with E-state index >= 15 is 0 Å². The third-order valence-electron chi connectivity index (χ3n) is 7.23. The van der Waals surface area contributed by atoms with Crippen molar-refractivity contribution in [3.8, 4) is 0 Å². The van der Waals surface area contributed by atoms with Gasteiger partial charge in [-0.05, 0) is 56.3 Å². The van der Waals surface area contributed by atoms with Crippen LogP contribution in [0.15, 0.2) is 29.4 Å². The third kappa shape index (κ3) is 4.55. The second-order valence-electron chi connectivity index (χ2n) is 9.16. The first-order chi connectivity index (χ1) is 14.5. The SMILES string of the molecule is O=C(NCCN1CCCCC1)[C@@H]1CN(S(=O)(=O)c2cccnc2)CC12CCCCC2. The van der Waals surface area contributed by atoms with Crippen LogP contribution in [0.2, 0.25) is 0 Å². The molecule has 0 aromatic carbocycles. The number of likely N-dealkylation sites (tertiary alicyclic amines) is 1. The van der Waals surface area contributed by atoms with Crippen molar-refractivity contribution in [2.75, 3.05) is 39.3 Å². The van der Waals surface area contributed by atoms with Crippen LogP contribution < -0.4 is 5.32 Å². The lowest BCUT2D eigenvalue weighted by Crippen LogP contribution is -2.45. The van der Waals surface area contributed by atoms with Gasteiger partial charge in [-0.1, -0.05) is 25.7 Å². The minimum atomic E-state index is -3.64. The van der Waals surface area contributed by atoms with Crippen LogP contribution in [-0.2, 0) is 14.8 Å². The molecule has 1 aromatic rings. The molecule has 1 atom stereocenters. The monoisotopic (exact) mass is 434 g/mol. The Morgan fingerprint density at radius 1 is 1.13 bits per heavy atom. The van der Waals surface area contributed by atoms with Crippen molar-refractivity contribution in [2.45, 2.75) is 56.3 Å². The Hall–Kier alpha value is -1.51. The Kier molecular flexibility index (Phi) is 6.75. The number of carbonyl (C=O) groups is 1. The van der Waals surface area contributed by atoms with Crippen molar-refractivity contribution >= 4 is 15.9 Å². The molecule has 3 aliphatic rings. The zero-order valence-electron chi connectivity index (χ0n) is 17.8. The number of aromatic nitrogens is 1. The van der Waals surface area contributed by atoms with Crippen molar-refractivity contribution in [1.29, 1.82) is 0 Å². The van der Waals surface area contributed by atoms with Crippen LogP contribution in [0.1, 0.15) is 51.4 Å². The maximum Gasteiger partial charge on any atom is 0.244 e. The van der Waals surface area contributed by atoms with E-state index in [2.05, 4.69) is 15.2 Å². The average Bonchev–Trinajstić information content (AvgIpc) is 3.15. The van der Waals surface area contributed by atoms with E-state index in [1.54, 1.807) is 18.3 Å². The van der Waals surface area contributed by atoms with Gasteiger partial charge in [-0.2, -0.15) is 4.31 Å². The van der Waals surface area contributed by atoms with E-state index in [1.807, 2.05) is 0 Å². The van der Waals surface area contributed by atoms with Crippen LogP contribution in [0.3, 0.4) is 0 Å². The Labute approximate surface area is 180 Å². The van der Waals surface area contributed by atoms with E-state index in [0.29, 0.717) is 13.1 Å². The van der Waals surface area contributed by atoms with Crippen molar-refractivity contribution in [1.82, 2.24) is 19.5 Å². The summed E-state index contributed by atoms with van der Waals surface area (Å²) in [6, 6.07) is 3.23. The molecule has 1 saturated carbocycles. The van der Waals surface area contributed by atoms with Gasteiger partial charge >= 0.3 is 0 Å². The zero-order chi connectivity index (χ0) is 21.0. The smallest absolute Gasteiger partial charge is 0.244 e. The summed E-state index contributed by atoms with van der Waals surface area (Å²) in [4.78, 5) is 19.8. The predicted octanol–water partition coefficient (Wildman–Crippen LogP) is 2.25. The minimum Gasteiger partial charge on any atom is -0.355 e. The molecule has 1 amide bonds. The molecule has 1 aromatic heterocycles. The number of sulfonamides is 1. The van der Waals surface area contributed by atoms with Crippen molar-refractivity contribution in [2.24, 2.45) is 11.3 Å². The molecular formula is C22H34N4O3S. The maximum absolute atomic E-state index is 13.2. The van der Waals surface area contributed by atoms with Crippen LogP contribution in [0, 0.1) is 11.3 Å². The molecule has 1 aliphatic carbocycles. The second-order valence-corrected chi connectivity index (χ2v) is 11.1. The first-order valence-electron chi connectivity index (χ1n) is 11.4. The zero-order valence-corrected chi connectivity index (χ0v) is 18.6. The molecule has 1 N–H and O–H groups in total. The van der Waals surface area contributed by atoms with Gasteiger partial charge in [0.1, 0.15) is 4.90 Å². The molecule has 4 rings (SSSR count). The molecule has 8 heteroatoms. The van der Waals surface area contributed by atoms with Gasteiger partial charge in [-0.15, -0.1) is 0 Å². The summed E-state index contributed by atoms with van der Waals surface area (Å²) in [7, 11) is -3.64. The van der Waals surface area contributed by atoms with Gasteiger partial charge in [0.2, 0.25) is 15.9 Å². The highest BCUT2D eigenvalue weighted by molar-refractivity contribution is 7.89. The number of nitrogens with one attached hydrogen (secondary N) is 1. The number of piperidine rings is 1. The highest BCUT2D eigenvalue weighted by Gasteiger charge is 2.53. The molecule has 1 spiro atoms. The molecule has 3 fully saturated rings. The van der Waals surface area contributed by atoms with E-state index in [1.165, 1.54) is 36.2 Å². The lowest BCUT2D eigenvalue weighted by Gasteiger charge is -2.37. The van der Waals surface area contributed by atoms with Gasteiger partial charge < -0.3 is 10.2 Å². The number of nitrogens with zero attached hydrogens (tertiary/aromatic N) is 3. The summed E-state index contributed by atoms with van der Waals surface area (Å²) in [6.45, 7) is 4.45. The van der Waals surface area contributed by atoms with Crippen LogP contribution >= 0.6 is 0 Å². The fourth-order valence-corrected chi connectivity index (χ4v) is 7.04. The minimum absolute atomic E-state index is 0.0257. The normalized spacial score (nSPS) is 25.4. The van der Waals surface area contributed by atoms with Crippen LogP contribution in [0.25, 0.3) is 0 Å². The second kappa shape index (κ2) is 9.32. The molecule has 7 nitrogen and oxygen atoms in total. The fraction of sp³-hybridized carbons (Fsp3) is 0.727. The van der Waals surface area contributed by atoms with Crippen molar-refractivity contribution in [3.05, 3.63) is 24.5 Å². The molecule has 0 radical (unpaired) electrons. The summed E-state index contributed by atoms with van der Waals surface area (Å²) in [6.07, 6.45) is 11.9. The van der Waals surface area contributed by atoms with E-state index in [9.17, 15) is 13.2 Å². The Morgan fingerprint density at radius 2 is 1.87 bits per heavy atom. The Morgan fingerprint density at radius 3 is 2.57 bits per heavy atom. The van der Waals surface area contributed by atoms with E-state index in [0.717, 1.165) is 45.3 Å². The molecular weight excluding hydrogens is 400 g/mol. The number of hydrogen-bond donors (Lipinski definition) is 1. The number of pyridine rings is 1. The van der Waals surface area contributed by atoms with E-state index in [4.69, 9.17) is 0 Å². The van der Waals surface area contributed by atoms with Gasteiger partial charge in [-0.3, -0.25) is 9.78 Å².